The smallest absolute Gasteiger partial charge is 0.111 e. The highest BCUT2D eigenvalue weighted by Crippen LogP contribution is 2.32. The van der Waals surface area contributed by atoms with Crippen LogP contribution in [0.25, 0.3) is 0 Å². The van der Waals surface area contributed by atoms with Crippen molar-refractivity contribution >= 4 is 0 Å². The maximum atomic E-state index is 9.73. The third-order valence-corrected chi connectivity index (χ3v) is 2.71. The molecular formula is C10H20O4. The Hall–Kier alpha value is -0.160. The molecule has 0 aliphatic carbocycles. The molecule has 0 unspecified atom stereocenters. The van der Waals surface area contributed by atoms with Crippen LogP contribution in [0.2, 0.25) is 0 Å². The Morgan fingerprint density at radius 2 is 1.43 bits per heavy atom. The summed E-state index contributed by atoms with van der Waals surface area (Å²) in [6, 6.07) is 0. The Morgan fingerprint density at radius 3 is 1.86 bits per heavy atom. The summed E-state index contributed by atoms with van der Waals surface area (Å²) >= 11 is 0. The van der Waals surface area contributed by atoms with E-state index in [0.29, 0.717) is 0 Å². The quantitative estimate of drug-likeness (QED) is 0.515. The number of ether oxygens (including phenoxy) is 1. The summed E-state index contributed by atoms with van der Waals surface area (Å²) < 4.78 is 5.49. The maximum absolute atomic E-state index is 9.73. The molecule has 1 heterocycles. The van der Waals surface area contributed by atoms with Crippen LogP contribution in [0.3, 0.4) is 0 Å². The second-order valence-electron chi connectivity index (χ2n) is 5.10. The minimum absolute atomic E-state index is 0.255. The highest BCUT2D eigenvalue weighted by molar-refractivity contribution is 4.95. The number of hydrogen-bond acceptors (Lipinski definition) is 4. The molecule has 1 fully saturated rings. The fraction of sp³-hybridized carbons (Fsp3) is 1.00. The van der Waals surface area contributed by atoms with Crippen LogP contribution in [-0.4, -0.2) is 45.8 Å². The molecule has 3 N–H and O–H groups in total. The lowest BCUT2D eigenvalue weighted by molar-refractivity contribution is -0.239. The first-order chi connectivity index (χ1) is 6.25. The highest BCUT2D eigenvalue weighted by Gasteiger charge is 2.46. The molecule has 0 aromatic carbocycles. The summed E-state index contributed by atoms with van der Waals surface area (Å²) in [5, 5.41) is 28.8. The van der Waals surface area contributed by atoms with E-state index >= 15 is 0 Å². The van der Waals surface area contributed by atoms with Gasteiger partial charge < -0.3 is 20.1 Å². The molecule has 1 aliphatic heterocycles. The number of aliphatic hydroxyl groups is 3. The lowest BCUT2D eigenvalue weighted by Crippen LogP contribution is -2.59. The van der Waals surface area contributed by atoms with Gasteiger partial charge in [-0.25, -0.2) is 0 Å². The van der Waals surface area contributed by atoms with E-state index in [9.17, 15) is 15.3 Å². The van der Waals surface area contributed by atoms with Gasteiger partial charge in [0.15, 0.2) is 0 Å². The topological polar surface area (TPSA) is 69.9 Å². The van der Waals surface area contributed by atoms with E-state index in [4.69, 9.17) is 4.74 Å². The van der Waals surface area contributed by atoms with E-state index in [1.165, 1.54) is 0 Å². The monoisotopic (exact) mass is 204 g/mol. The van der Waals surface area contributed by atoms with Gasteiger partial charge >= 0.3 is 0 Å². The van der Waals surface area contributed by atoms with E-state index in [2.05, 4.69) is 0 Å². The molecule has 0 radical (unpaired) electrons. The van der Waals surface area contributed by atoms with Crippen LogP contribution in [-0.2, 0) is 4.74 Å². The lowest BCUT2D eigenvalue weighted by atomic mass is 9.80. The fourth-order valence-corrected chi connectivity index (χ4v) is 1.77. The minimum Gasteiger partial charge on any atom is -0.388 e. The first-order valence-corrected chi connectivity index (χ1v) is 4.95. The van der Waals surface area contributed by atoms with Gasteiger partial charge in [0.25, 0.3) is 0 Å². The van der Waals surface area contributed by atoms with Crippen LogP contribution in [0, 0.1) is 5.41 Å². The van der Waals surface area contributed by atoms with E-state index in [1.807, 2.05) is 20.8 Å². The molecule has 0 saturated carbocycles. The Kier molecular flexibility index (Phi) is 3.21. The maximum Gasteiger partial charge on any atom is 0.111 e. The predicted molar refractivity (Wildman–Crippen MR) is 51.8 cm³/mol. The number of aliphatic hydroxyl groups excluding tert-OH is 3. The fourth-order valence-electron chi connectivity index (χ4n) is 1.77. The van der Waals surface area contributed by atoms with Gasteiger partial charge in [0, 0.05) is 0 Å². The van der Waals surface area contributed by atoms with E-state index < -0.39 is 30.5 Å². The van der Waals surface area contributed by atoms with Gasteiger partial charge in [0.2, 0.25) is 0 Å². The van der Waals surface area contributed by atoms with Gasteiger partial charge in [0.1, 0.15) is 18.3 Å². The van der Waals surface area contributed by atoms with Crippen molar-refractivity contribution in [1.82, 2.24) is 0 Å². The van der Waals surface area contributed by atoms with Crippen molar-refractivity contribution < 1.29 is 20.1 Å². The Balaban J connectivity index is 2.81. The average molecular weight is 204 g/mol. The molecule has 84 valence electrons. The molecule has 4 heteroatoms. The molecule has 0 aromatic heterocycles. The van der Waals surface area contributed by atoms with Gasteiger partial charge in [0.05, 0.1) is 12.2 Å². The zero-order valence-corrected chi connectivity index (χ0v) is 9.14. The Morgan fingerprint density at radius 1 is 0.929 bits per heavy atom. The van der Waals surface area contributed by atoms with Crippen LogP contribution in [0.1, 0.15) is 27.7 Å². The van der Waals surface area contributed by atoms with Crippen molar-refractivity contribution in [3.8, 4) is 0 Å². The van der Waals surface area contributed by atoms with Crippen LogP contribution >= 0.6 is 0 Å². The SMILES string of the molecule is C[C@H]1O[C@@H](C(C)(C)C)[C@H](O)[C@@H](O)[C@H]1O. The van der Waals surface area contributed by atoms with Crippen molar-refractivity contribution in [3.05, 3.63) is 0 Å². The van der Waals surface area contributed by atoms with Crippen LogP contribution in [0.15, 0.2) is 0 Å². The van der Waals surface area contributed by atoms with E-state index in [-0.39, 0.29) is 5.41 Å². The normalized spacial score (nSPS) is 45.2. The second-order valence-corrected chi connectivity index (χ2v) is 5.10. The molecule has 1 rings (SSSR count). The summed E-state index contributed by atoms with van der Waals surface area (Å²) in [6.07, 6.45) is -4.05. The lowest BCUT2D eigenvalue weighted by Gasteiger charge is -2.44. The predicted octanol–water partition coefficient (Wildman–Crippen LogP) is -0.0975. The van der Waals surface area contributed by atoms with Gasteiger partial charge in [-0.2, -0.15) is 0 Å². The molecular weight excluding hydrogens is 184 g/mol. The molecule has 1 saturated heterocycles. The highest BCUT2D eigenvalue weighted by atomic mass is 16.5. The first-order valence-electron chi connectivity index (χ1n) is 4.95. The van der Waals surface area contributed by atoms with Crippen LogP contribution in [0.5, 0.6) is 0 Å². The van der Waals surface area contributed by atoms with Crippen molar-refractivity contribution in [1.29, 1.82) is 0 Å². The molecule has 0 amide bonds. The third kappa shape index (κ3) is 2.08. The van der Waals surface area contributed by atoms with Gasteiger partial charge in [-0.3, -0.25) is 0 Å². The average Bonchev–Trinajstić information content (AvgIpc) is 2.06. The Bertz CT molecular complexity index is 199. The van der Waals surface area contributed by atoms with Crippen molar-refractivity contribution in [3.63, 3.8) is 0 Å². The summed E-state index contributed by atoms with van der Waals surface area (Å²) in [7, 11) is 0. The molecule has 1 aliphatic rings. The third-order valence-electron chi connectivity index (χ3n) is 2.71. The first kappa shape index (κ1) is 11.9. The standard InChI is InChI=1S/C10H20O4/c1-5-6(11)7(12)8(13)9(14-5)10(2,3)4/h5-9,11-13H,1-4H3/t5-,6+,7+,8-,9-/m1/s1. The van der Waals surface area contributed by atoms with Crippen LogP contribution in [0.4, 0.5) is 0 Å². The van der Waals surface area contributed by atoms with Gasteiger partial charge in [-0.15, -0.1) is 0 Å². The largest absolute Gasteiger partial charge is 0.388 e. The number of hydrogen-bond donors (Lipinski definition) is 3. The minimum atomic E-state index is -1.12. The van der Waals surface area contributed by atoms with Crippen molar-refractivity contribution in [2.75, 3.05) is 0 Å². The summed E-state index contributed by atoms with van der Waals surface area (Å²) in [5.41, 5.74) is -0.255. The summed E-state index contributed by atoms with van der Waals surface area (Å²) in [5.74, 6) is 0. The molecule has 0 aromatic rings. The number of rotatable bonds is 0. The van der Waals surface area contributed by atoms with E-state index in [0.717, 1.165) is 0 Å². The van der Waals surface area contributed by atoms with Crippen LogP contribution < -0.4 is 0 Å². The summed E-state index contributed by atoms with van der Waals surface area (Å²) in [6.45, 7) is 7.48. The molecule has 5 atom stereocenters. The molecule has 0 spiro atoms. The van der Waals surface area contributed by atoms with Gasteiger partial charge in [-0.1, -0.05) is 20.8 Å². The van der Waals surface area contributed by atoms with Crippen molar-refractivity contribution in [2.24, 2.45) is 5.41 Å². The Labute approximate surface area is 84.5 Å². The molecule has 4 nitrogen and oxygen atoms in total. The zero-order valence-electron chi connectivity index (χ0n) is 9.14. The zero-order chi connectivity index (χ0) is 11.1. The van der Waals surface area contributed by atoms with Crippen molar-refractivity contribution in [2.45, 2.75) is 58.2 Å². The summed E-state index contributed by atoms with van der Waals surface area (Å²) in [4.78, 5) is 0. The molecule has 14 heavy (non-hydrogen) atoms. The second kappa shape index (κ2) is 3.77. The molecule has 0 bridgehead atoms. The van der Waals surface area contributed by atoms with Gasteiger partial charge in [-0.05, 0) is 12.3 Å². The van der Waals surface area contributed by atoms with E-state index in [1.54, 1.807) is 6.92 Å².